The molecule has 0 bridgehead atoms. The molecular weight excluding hydrogens is 462 g/mol. The molecule has 0 saturated heterocycles. The number of amides is 3. The molecule has 6 nitrogen and oxygen atoms in total. The summed E-state index contributed by atoms with van der Waals surface area (Å²) in [5.74, 6) is -1.11. The molecule has 178 valence electrons. The zero-order chi connectivity index (χ0) is 25.2. The van der Waals surface area contributed by atoms with Crippen LogP contribution in [0.25, 0.3) is 0 Å². The molecule has 5 rings (SSSR count). The topological polar surface area (TPSA) is 87.8 Å². The van der Waals surface area contributed by atoms with Gasteiger partial charge < -0.3 is 11.1 Å². The van der Waals surface area contributed by atoms with Crippen LogP contribution in [0, 0.1) is 11.6 Å². The molecule has 3 N–H and O–H groups in total. The number of urea groups is 1. The van der Waals surface area contributed by atoms with Crippen LogP contribution in [0.1, 0.15) is 27.0 Å². The van der Waals surface area contributed by atoms with E-state index >= 15 is 0 Å². The molecular formula is C28H20F2N4O2. The van der Waals surface area contributed by atoms with Gasteiger partial charge >= 0.3 is 6.03 Å². The van der Waals surface area contributed by atoms with Gasteiger partial charge in [-0.3, -0.25) is 9.69 Å². The average Bonchev–Trinajstić information content (AvgIpc) is 3.03. The molecule has 0 unspecified atom stereocenters. The highest BCUT2D eigenvalue weighted by atomic mass is 19.1. The number of benzene rings is 4. The summed E-state index contributed by atoms with van der Waals surface area (Å²) in [7, 11) is 0. The van der Waals surface area contributed by atoms with Gasteiger partial charge in [0.25, 0.3) is 5.91 Å². The molecule has 3 amide bonds. The summed E-state index contributed by atoms with van der Waals surface area (Å²) in [6, 6.07) is 22.9. The zero-order valence-corrected chi connectivity index (χ0v) is 18.9. The van der Waals surface area contributed by atoms with E-state index in [2.05, 4.69) is 5.32 Å². The third-order valence-electron chi connectivity index (χ3n) is 5.82. The number of nitrogens with zero attached hydrogens (tertiary/aromatic N) is 2. The predicted molar refractivity (Wildman–Crippen MR) is 134 cm³/mol. The third kappa shape index (κ3) is 4.44. The second-order valence-corrected chi connectivity index (χ2v) is 8.17. The van der Waals surface area contributed by atoms with Gasteiger partial charge in [-0.05, 0) is 66.2 Å². The van der Waals surface area contributed by atoms with E-state index in [1.165, 1.54) is 29.2 Å². The first-order valence-corrected chi connectivity index (χ1v) is 11.1. The first kappa shape index (κ1) is 22.9. The molecule has 0 aliphatic carbocycles. The first-order chi connectivity index (χ1) is 17.4. The van der Waals surface area contributed by atoms with Gasteiger partial charge in [0, 0.05) is 23.2 Å². The van der Waals surface area contributed by atoms with Gasteiger partial charge in [-0.2, -0.15) is 0 Å². The van der Waals surface area contributed by atoms with Gasteiger partial charge in [-0.1, -0.05) is 30.3 Å². The van der Waals surface area contributed by atoms with E-state index in [-0.39, 0.29) is 24.1 Å². The normalized spacial score (nSPS) is 12.2. The van der Waals surface area contributed by atoms with Crippen LogP contribution in [0.3, 0.4) is 0 Å². The Hall–Kier alpha value is -4.85. The highest BCUT2D eigenvalue weighted by Gasteiger charge is 2.27. The Labute approximate surface area is 205 Å². The molecule has 0 radical (unpaired) electrons. The van der Waals surface area contributed by atoms with Crippen LogP contribution in [-0.4, -0.2) is 17.6 Å². The highest BCUT2D eigenvalue weighted by molar-refractivity contribution is 6.21. The Balaban J connectivity index is 1.58. The van der Waals surface area contributed by atoms with Crippen molar-refractivity contribution in [3.63, 3.8) is 0 Å². The maximum Gasteiger partial charge on any atom is 0.323 e. The smallest absolute Gasteiger partial charge is 0.323 e. The lowest BCUT2D eigenvalue weighted by Gasteiger charge is -2.22. The Bertz CT molecular complexity index is 1500. The van der Waals surface area contributed by atoms with Crippen LogP contribution in [-0.2, 0) is 6.54 Å². The minimum atomic E-state index is -0.715. The van der Waals surface area contributed by atoms with E-state index in [1.54, 1.807) is 66.7 Å². The number of halogens is 2. The number of fused-ring (bicyclic) bond motifs is 2. The molecule has 8 heteroatoms. The summed E-state index contributed by atoms with van der Waals surface area (Å²) in [6.45, 7) is 0.207. The third-order valence-corrected chi connectivity index (χ3v) is 5.82. The van der Waals surface area contributed by atoms with Gasteiger partial charge in [0.15, 0.2) is 0 Å². The summed E-state index contributed by atoms with van der Waals surface area (Å²) in [6.07, 6.45) is 0. The molecule has 0 spiro atoms. The fourth-order valence-electron chi connectivity index (χ4n) is 4.07. The molecule has 4 aromatic rings. The van der Waals surface area contributed by atoms with Crippen LogP contribution in [0.15, 0.2) is 96.0 Å². The molecule has 0 atom stereocenters. The molecule has 1 heterocycles. The van der Waals surface area contributed by atoms with E-state index in [0.717, 1.165) is 5.56 Å². The summed E-state index contributed by atoms with van der Waals surface area (Å²) in [5, 5.41) is 2.80. The Morgan fingerprint density at radius 2 is 1.50 bits per heavy atom. The maximum atomic E-state index is 13.6. The van der Waals surface area contributed by atoms with Crippen molar-refractivity contribution in [3.8, 4) is 0 Å². The number of hydrogen-bond donors (Lipinski definition) is 2. The number of aliphatic imine (C=N–C) groups is 1. The summed E-state index contributed by atoms with van der Waals surface area (Å²) in [4.78, 5) is 31.6. The number of nitrogens with one attached hydrogen (secondary N) is 1. The van der Waals surface area contributed by atoms with Gasteiger partial charge in [-0.15, -0.1) is 0 Å². The number of hydrogen-bond acceptors (Lipinski definition) is 3. The standard InChI is InChI=1S/C28H20F2N4O2/c29-20-10-5-17(6-11-20)16-32-27(35)19-9-14-25-23(15-19)33-26(18-7-12-21(30)13-8-18)22-3-1-2-4-24(22)34(25)28(31)36/h1-15H,16H2,(H2,31,36)(H,32,35). The number of primary amides is 1. The van der Waals surface area contributed by atoms with Crippen LogP contribution in [0.5, 0.6) is 0 Å². The monoisotopic (exact) mass is 482 g/mol. The number of rotatable bonds is 4. The maximum absolute atomic E-state index is 13.6. The van der Waals surface area contributed by atoms with Crippen molar-refractivity contribution in [2.75, 3.05) is 4.90 Å². The second-order valence-electron chi connectivity index (χ2n) is 8.17. The molecule has 0 aromatic heterocycles. The van der Waals surface area contributed by atoms with Crippen molar-refractivity contribution in [2.45, 2.75) is 6.54 Å². The minimum Gasteiger partial charge on any atom is -0.351 e. The number of para-hydroxylation sites is 1. The molecule has 36 heavy (non-hydrogen) atoms. The number of carbonyl (C=O) groups excluding carboxylic acids is 2. The first-order valence-electron chi connectivity index (χ1n) is 11.1. The van der Waals surface area contributed by atoms with Crippen LogP contribution in [0.2, 0.25) is 0 Å². The second kappa shape index (κ2) is 9.42. The van der Waals surface area contributed by atoms with E-state index in [4.69, 9.17) is 10.7 Å². The quantitative estimate of drug-likeness (QED) is 0.397. The van der Waals surface area contributed by atoms with E-state index in [9.17, 15) is 18.4 Å². The lowest BCUT2D eigenvalue weighted by atomic mass is 10.00. The van der Waals surface area contributed by atoms with Crippen molar-refractivity contribution in [1.82, 2.24) is 5.32 Å². The molecule has 0 saturated carbocycles. The largest absolute Gasteiger partial charge is 0.351 e. The van der Waals surface area contributed by atoms with Crippen molar-refractivity contribution < 1.29 is 18.4 Å². The van der Waals surface area contributed by atoms with Crippen molar-refractivity contribution in [2.24, 2.45) is 10.7 Å². The number of carbonyl (C=O) groups is 2. The fraction of sp³-hybridized carbons (Fsp3) is 0.0357. The van der Waals surface area contributed by atoms with Crippen LogP contribution >= 0.6 is 0 Å². The van der Waals surface area contributed by atoms with E-state index < -0.39 is 6.03 Å². The lowest BCUT2D eigenvalue weighted by Crippen LogP contribution is -2.32. The lowest BCUT2D eigenvalue weighted by molar-refractivity contribution is 0.0951. The Morgan fingerprint density at radius 1 is 0.833 bits per heavy atom. The summed E-state index contributed by atoms with van der Waals surface area (Å²) >= 11 is 0. The van der Waals surface area contributed by atoms with Gasteiger partial charge in [0.05, 0.1) is 22.8 Å². The van der Waals surface area contributed by atoms with Gasteiger partial charge in [0.1, 0.15) is 11.6 Å². The van der Waals surface area contributed by atoms with Gasteiger partial charge in [-0.25, -0.2) is 18.6 Å². The minimum absolute atomic E-state index is 0.207. The van der Waals surface area contributed by atoms with Gasteiger partial charge in [0.2, 0.25) is 0 Å². The number of nitrogens with two attached hydrogens (primary N) is 1. The van der Waals surface area contributed by atoms with Crippen molar-refractivity contribution in [1.29, 1.82) is 0 Å². The molecule has 0 fully saturated rings. The SMILES string of the molecule is NC(=O)N1c2ccc(C(=O)NCc3ccc(F)cc3)cc2N=C(c2ccc(F)cc2)c2ccccc21. The molecule has 1 aliphatic heterocycles. The summed E-state index contributed by atoms with van der Waals surface area (Å²) < 4.78 is 26.8. The summed E-state index contributed by atoms with van der Waals surface area (Å²) in [5.41, 5.74) is 9.85. The molecule has 1 aliphatic rings. The number of anilines is 2. The highest BCUT2D eigenvalue weighted by Crippen LogP contribution is 2.41. The molecule has 4 aromatic carbocycles. The Morgan fingerprint density at radius 3 is 2.19 bits per heavy atom. The Kier molecular flexibility index (Phi) is 6.00. The van der Waals surface area contributed by atoms with Crippen LogP contribution in [0.4, 0.5) is 30.6 Å². The predicted octanol–water partition coefficient (Wildman–Crippen LogP) is 5.59. The van der Waals surface area contributed by atoms with E-state index in [1.807, 2.05) is 0 Å². The van der Waals surface area contributed by atoms with Crippen molar-refractivity contribution >= 4 is 34.7 Å². The fourth-order valence-corrected chi connectivity index (χ4v) is 4.07. The zero-order valence-electron chi connectivity index (χ0n) is 18.9. The average molecular weight is 482 g/mol. The van der Waals surface area contributed by atoms with E-state index in [0.29, 0.717) is 39.5 Å². The van der Waals surface area contributed by atoms with Crippen LogP contribution < -0.4 is 16.0 Å². The van der Waals surface area contributed by atoms with Crippen molar-refractivity contribution in [3.05, 3.63) is 125 Å².